The van der Waals surface area contributed by atoms with E-state index in [2.05, 4.69) is 26.1 Å². The Hall–Kier alpha value is -2.36. The minimum absolute atomic E-state index is 0.0293. The molecule has 0 aliphatic rings. The monoisotopic (exact) mass is 286 g/mol. The molecule has 3 N–H and O–H groups in total. The van der Waals surface area contributed by atoms with Crippen LogP contribution in [0, 0.1) is 5.82 Å². The van der Waals surface area contributed by atoms with Crippen LogP contribution in [0.2, 0.25) is 0 Å². The highest BCUT2D eigenvalue weighted by atomic mass is 19.1. The molecule has 0 saturated heterocycles. The molecule has 0 aromatic heterocycles. The molecule has 0 heterocycles. The molecule has 0 fully saturated rings. The zero-order valence-electron chi connectivity index (χ0n) is 12.4. The molecule has 0 radical (unpaired) electrons. The number of nitrogens with one attached hydrogen (secondary N) is 1. The maximum atomic E-state index is 13.4. The summed E-state index contributed by atoms with van der Waals surface area (Å²) in [6.07, 6.45) is 0. The van der Waals surface area contributed by atoms with Crippen molar-refractivity contribution in [3.05, 3.63) is 59.4 Å². The summed E-state index contributed by atoms with van der Waals surface area (Å²) in [6.45, 7) is 6.21. The van der Waals surface area contributed by atoms with Crippen LogP contribution in [0.3, 0.4) is 0 Å². The van der Waals surface area contributed by atoms with E-state index in [0.29, 0.717) is 0 Å². The first kappa shape index (κ1) is 15.0. The highest BCUT2D eigenvalue weighted by molar-refractivity contribution is 6.04. The summed E-state index contributed by atoms with van der Waals surface area (Å²) >= 11 is 0. The summed E-state index contributed by atoms with van der Waals surface area (Å²) in [6, 6.07) is 11.6. The van der Waals surface area contributed by atoms with Crippen LogP contribution in [-0.2, 0) is 5.41 Å². The van der Waals surface area contributed by atoms with Gasteiger partial charge in [0.2, 0.25) is 0 Å². The Kier molecular flexibility index (Phi) is 3.98. The third kappa shape index (κ3) is 3.40. The summed E-state index contributed by atoms with van der Waals surface area (Å²) in [5, 5.41) is 2.83. The highest BCUT2D eigenvalue weighted by Gasteiger charge is 2.19. The van der Waals surface area contributed by atoms with Gasteiger partial charge in [0.15, 0.2) is 0 Å². The van der Waals surface area contributed by atoms with E-state index in [9.17, 15) is 9.18 Å². The van der Waals surface area contributed by atoms with Crippen LogP contribution in [0.1, 0.15) is 36.7 Å². The fourth-order valence-corrected chi connectivity index (χ4v) is 2.11. The maximum Gasteiger partial charge on any atom is 0.255 e. The second-order valence-corrected chi connectivity index (χ2v) is 5.99. The van der Waals surface area contributed by atoms with Gasteiger partial charge in [-0.15, -0.1) is 0 Å². The number of rotatable bonds is 2. The first-order chi connectivity index (χ1) is 9.79. The Labute approximate surface area is 124 Å². The van der Waals surface area contributed by atoms with Crippen molar-refractivity contribution < 1.29 is 9.18 Å². The van der Waals surface area contributed by atoms with Gasteiger partial charge in [-0.1, -0.05) is 39.0 Å². The van der Waals surface area contributed by atoms with Crippen LogP contribution in [0.4, 0.5) is 15.8 Å². The van der Waals surface area contributed by atoms with Gasteiger partial charge in [0.05, 0.1) is 5.69 Å². The Morgan fingerprint density at radius 3 is 2.43 bits per heavy atom. The van der Waals surface area contributed by atoms with Crippen molar-refractivity contribution in [3.8, 4) is 0 Å². The first-order valence-corrected chi connectivity index (χ1v) is 6.75. The minimum atomic E-state index is -0.591. The van der Waals surface area contributed by atoms with E-state index < -0.39 is 5.82 Å². The standard InChI is InChI=1S/C17H19FN2O/c1-17(2,3)12-6-4-5-7-15(12)20-16(21)11-8-9-14(19)13(18)10-11/h4-10H,19H2,1-3H3,(H,20,21). The molecule has 1 amide bonds. The Morgan fingerprint density at radius 1 is 1.14 bits per heavy atom. The van der Waals surface area contributed by atoms with Crippen LogP contribution in [0.25, 0.3) is 0 Å². The minimum Gasteiger partial charge on any atom is -0.396 e. The van der Waals surface area contributed by atoms with Gasteiger partial charge < -0.3 is 11.1 Å². The number of hydrogen-bond acceptors (Lipinski definition) is 2. The molecule has 0 bridgehead atoms. The van der Waals surface area contributed by atoms with Crippen molar-refractivity contribution in [2.45, 2.75) is 26.2 Å². The number of carbonyl (C=O) groups is 1. The predicted molar refractivity (Wildman–Crippen MR) is 83.9 cm³/mol. The molecule has 110 valence electrons. The van der Waals surface area contributed by atoms with Gasteiger partial charge in [-0.2, -0.15) is 0 Å². The molecule has 2 rings (SSSR count). The topological polar surface area (TPSA) is 55.1 Å². The van der Waals surface area contributed by atoms with Crippen molar-refractivity contribution in [3.63, 3.8) is 0 Å². The van der Waals surface area contributed by atoms with E-state index in [-0.39, 0.29) is 22.6 Å². The summed E-state index contributed by atoms with van der Waals surface area (Å²) < 4.78 is 13.4. The summed E-state index contributed by atoms with van der Waals surface area (Å²) in [5.74, 6) is -0.947. The number of carbonyl (C=O) groups excluding carboxylic acids is 1. The van der Waals surface area contributed by atoms with Crippen molar-refractivity contribution in [1.29, 1.82) is 0 Å². The number of halogens is 1. The summed E-state index contributed by atoms with van der Waals surface area (Å²) in [5.41, 5.74) is 7.34. The molecule has 0 atom stereocenters. The number of hydrogen-bond donors (Lipinski definition) is 2. The highest BCUT2D eigenvalue weighted by Crippen LogP contribution is 2.29. The van der Waals surface area contributed by atoms with Crippen LogP contribution in [0.15, 0.2) is 42.5 Å². The zero-order valence-corrected chi connectivity index (χ0v) is 12.4. The molecule has 0 aliphatic carbocycles. The van der Waals surface area contributed by atoms with Crippen molar-refractivity contribution in [2.75, 3.05) is 11.1 Å². The number of amides is 1. The normalized spacial score (nSPS) is 11.2. The van der Waals surface area contributed by atoms with Gasteiger partial charge in [-0.05, 0) is 35.2 Å². The lowest BCUT2D eigenvalue weighted by molar-refractivity contribution is 0.102. The second-order valence-electron chi connectivity index (χ2n) is 5.99. The fraction of sp³-hybridized carbons (Fsp3) is 0.235. The van der Waals surface area contributed by atoms with Gasteiger partial charge in [-0.3, -0.25) is 4.79 Å². The number of nitrogen functional groups attached to an aromatic ring is 1. The van der Waals surface area contributed by atoms with E-state index in [1.807, 2.05) is 24.3 Å². The lowest BCUT2D eigenvalue weighted by Gasteiger charge is -2.23. The Balaban J connectivity index is 2.30. The molecular formula is C17H19FN2O. The molecule has 0 unspecified atom stereocenters. The Morgan fingerprint density at radius 2 is 1.81 bits per heavy atom. The van der Waals surface area contributed by atoms with Crippen LogP contribution in [-0.4, -0.2) is 5.91 Å². The zero-order chi connectivity index (χ0) is 15.6. The number of nitrogens with two attached hydrogens (primary N) is 1. The largest absolute Gasteiger partial charge is 0.396 e. The molecule has 2 aromatic carbocycles. The fourth-order valence-electron chi connectivity index (χ4n) is 2.11. The molecule has 0 aliphatic heterocycles. The van der Waals surface area contributed by atoms with Crippen molar-refractivity contribution in [2.24, 2.45) is 0 Å². The third-order valence-electron chi connectivity index (χ3n) is 3.25. The van der Waals surface area contributed by atoms with E-state index in [4.69, 9.17) is 5.73 Å². The smallest absolute Gasteiger partial charge is 0.255 e. The first-order valence-electron chi connectivity index (χ1n) is 6.75. The lowest BCUT2D eigenvalue weighted by Crippen LogP contribution is -2.18. The van der Waals surface area contributed by atoms with E-state index >= 15 is 0 Å². The predicted octanol–water partition coefficient (Wildman–Crippen LogP) is 3.96. The molecular weight excluding hydrogens is 267 g/mol. The maximum absolute atomic E-state index is 13.4. The van der Waals surface area contributed by atoms with Crippen LogP contribution in [0.5, 0.6) is 0 Å². The van der Waals surface area contributed by atoms with Crippen LogP contribution < -0.4 is 11.1 Å². The Bertz CT molecular complexity index is 675. The summed E-state index contributed by atoms with van der Waals surface area (Å²) in [4.78, 5) is 12.2. The number of anilines is 2. The van der Waals surface area contributed by atoms with Gasteiger partial charge in [0, 0.05) is 11.3 Å². The second kappa shape index (κ2) is 5.56. The van der Waals surface area contributed by atoms with E-state index in [1.54, 1.807) is 0 Å². The molecule has 2 aromatic rings. The van der Waals surface area contributed by atoms with Crippen LogP contribution >= 0.6 is 0 Å². The summed E-state index contributed by atoms with van der Waals surface area (Å²) in [7, 11) is 0. The van der Waals surface area contributed by atoms with Crippen molar-refractivity contribution >= 4 is 17.3 Å². The number of para-hydroxylation sites is 1. The average Bonchev–Trinajstić information content (AvgIpc) is 2.41. The van der Waals surface area contributed by atoms with E-state index in [1.165, 1.54) is 12.1 Å². The molecule has 3 nitrogen and oxygen atoms in total. The third-order valence-corrected chi connectivity index (χ3v) is 3.25. The van der Waals surface area contributed by atoms with Crippen molar-refractivity contribution in [1.82, 2.24) is 0 Å². The van der Waals surface area contributed by atoms with Gasteiger partial charge in [-0.25, -0.2) is 4.39 Å². The number of benzene rings is 2. The lowest BCUT2D eigenvalue weighted by atomic mass is 9.86. The average molecular weight is 286 g/mol. The molecule has 4 heteroatoms. The van der Waals surface area contributed by atoms with Gasteiger partial charge in [0.25, 0.3) is 5.91 Å². The van der Waals surface area contributed by atoms with Gasteiger partial charge in [0.1, 0.15) is 5.82 Å². The molecule has 21 heavy (non-hydrogen) atoms. The van der Waals surface area contributed by atoms with Gasteiger partial charge >= 0.3 is 0 Å². The SMILES string of the molecule is CC(C)(C)c1ccccc1NC(=O)c1ccc(N)c(F)c1. The molecule has 0 saturated carbocycles. The van der Waals surface area contributed by atoms with E-state index in [0.717, 1.165) is 17.3 Å². The molecule has 0 spiro atoms. The quantitative estimate of drug-likeness (QED) is 0.821.